The maximum absolute atomic E-state index is 6.11. The SMILES string of the molecule is Clc1ccc(C2CCNCC2c2ccccc2)cc1Br. The summed E-state index contributed by atoms with van der Waals surface area (Å²) in [7, 11) is 0. The lowest BCUT2D eigenvalue weighted by atomic mass is 9.77. The molecule has 0 radical (unpaired) electrons. The Balaban J connectivity index is 1.94. The quantitative estimate of drug-likeness (QED) is 0.807. The second-order valence-electron chi connectivity index (χ2n) is 5.29. The highest BCUT2D eigenvalue weighted by molar-refractivity contribution is 9.10. The van der Waals surface area contributed by atoms with Crippen LogP contribution in [0.1, 0.15) is 29.4 Å². The lowest BCUT2D eigenvalue weighted by molar-refractivity contribution is 0.404. The van der Waals surface area contributed by atoms with Gasteiger partial charge in [0.15, 0.2) is 0 Å². The third kappa shape index (κ3) is 2.93. The molecule has 1 saturated heterocycles. The molecule has 0 aromatic heterocycles. The summed E-state index contributed by atoms with van der Waals surface area (Å²) in [6, 6.07) is 17.1. The number of nitrogens with one attached hydrogen (secondary N) is 1. The molecule has 1 aliphatic rings. The van der Waals surface area contributed by atoms with E-state index in [-0.39, 0.29) is 0 Å². The molecule has 104 valence electrons. The van der Waals surface area contributed by atoms with E-state index in [4.69, 9.17) is 11.6 Å². The van der Waals surface area contributed by atoms with Gasteiger partial charge in [-0.2, -0.15) is 0 Å². The highest BCUT2D eigenvalue weighted by atomic mass is 79.9. The molecule has 0 aliphatic carbocycles. The van der Waals surface area contributed by atoms with Gasteiger partial charge in [-0.05, 0) is 58.1 Å². The predicted molar refractivity (Wildman–Crippen MR) is 88.6 cm³/mol. The molecule has 1 aliphatic heterocycles. The molecule has 3 heteroatoms. The average molecular weight is 351 g/mol. The number of halogens is 2. The third-order valence-electron chi connectivity index (χ3n) is 4.08. The van der Waals surface area contributed by atoms with Gasteiger partial charge in [-0.1, -0.05) is 48.0 Å². The van der Waals surface area contributed by atoms with Crippen LogP contribution in [0.3, 0.4) is 0 Å². The predicted octanol–water partition coefficient (Wildman–Crippen LogP) is 4.96. The van der Waals surface area contributed by atoms with Crippen molar-refractivity contribution in [1.82, 2.24) is 5.32 Å². The lowest BCUT2D eigenvalue weighted by Gasteiger charge is -2.33. The number of hydrogen-bond acceptors (Lipinski definition) is 1. The van der Waals surface area contributed by atoms with E-state index in [1.807, 2.05) is 6.07 Å². The van der Waals surface area contributed by atoms with Gasteiger partial charge in [0.2, 0.25) is 0 Å². The molecule has 1 fully saturated rings. The van der Waals surface area contributed by atoms with Crippen LogP contribution in [0.4, 0.5) is 0 Å². The van der Waals surface area contributed by atoms with Crippen LogP contribution in [0.2, 0.25) is 5.02 Å². The smallest absolute Gasteiger partial charge is 0.0548 e. The van der Waals surface area contributed by atoms with Crippen LogP contribution in [0.25, 0.3) is 0 Å². The van der Waals surface area contributed by atoms with Crippen molar-refractivity contribution in [2.45, 2.75) is 18.3 Å². The minimum atomic E-state index is 0.526. The molecule has 2 aromatic rings. The van der Waals surface area contributed by atoms with Crippen molar-refractivity contribution in [3.05, 3.63) is 69.2 Å². The van der Waals surface area contributed by atoms with Crippen LogP contribution in [0, 0.1) is 0 Å². The van der Waals surface area contributed by atoms with E-state index in [0.29, 0.717) is 11.8 Å². The molecule has 1 N–H and O–H groups in total. The van der Waals surface area contributed by atoms with E-state index in [9.17, 15) is 0 Å². The summed E-state index contributed by atoms with van der Waals surface area (Å²) in [6.07, 6.45) is 1.16. The van der Waals surface area contributed by atoms with E-state index >= 15 is 0 Å². The third-order valence-corrected chi connectivity index (χ3v) is 5.30. The van der Waals surface area contributed by atoms with Crippen LogP contribution in [-0.4, -0.2) is 13.1 Å². The molecular weight excluding hydrogens is 334 g/mol. The Morgan fingerprint density at radius 3 is 2.55 bits per heavy atom. The second kappa shape index (κ2) is 6.30. The van der Waals surface area contributed by atoms with Crippen LogP contribution < -0.4 is 5.32 Å². The topological polar surface area (TPSA) is 12.0 Å². The van der Waals surface area contributed by atoms with Gasteiger partial charge in [-0.15, -0.1) is 0 Å². The zero-order valence-electron chi connectivity index (χ0n) is 11.2. The van der Waals surface area contributed by atoms with Crippen molar-refractivity contribution in [3.8, 4) is 0 Å². The van der Waals surface area contributed by atoms with Crippen molar-refractivity contribution >= 4 is 27.5 Å². The normalized spacial score (nSPS) is 22.7. The minimum absolute atomic E-state index is 0.526. The fraction of sp³-hybridized carbons (Fsp3) is 0.294. The summed E-state index contributed by atoms with van der Waals surface area (Å²) in [5.74, 6) is 1.07. The minimum Gasteiger partial charge on any atom is -0.316 e. The standard InChI is InChI=1S/C17H17BrClN/c18-16-10-13(6-7-17(16)19)14-8-9-20-11-15(14)12-4-2-1-3-5-12/h1-7,10,14-15,20H,8-9,11H2. The number of piperidine rings is 1. The van der Waals surface area contributed by atoms with Gasteiger partial charge in [-0.3, -0.25) is 0 Å². The molecule has 0 amide bonds. The molecule has 1 heterocycles. The summed E-state index contributed by atoms with van der Waals surface area (Å²) in [6.45, 7) is 2.11. The zero-order valence-corrected chi connectivity index (χ0v) is 13.5. The van der Waals surface area contributed by atoms with Gasteiger partial charge in [0, 0.05) is 16.9 Å². The first kappa shape index (κ1) is 14.1. The van der Waals surface area contributed by atoms with E-state index < -0.39 is 0 Å². The second-order valence-corrected chi connectivity index (χ2v) is 6.55. The van der Waals surface area contributed by atoms with Gasteiger partial charge in [0.05, 0.1) is 5.02 Å². The van der Waals surface area contributed by atoms with E-state index in [2.05, 4.69) is 63.7 Å². The summed E-state index contributed by atoms with van der Waals surface area (Å²) in [5, 5.41) is 4.30. The first-order valence-electron chi connectivity index (χ1n) is 6.96. The zero-order chi connectivity index (χ0) is 13.9. The molecule has 2 unspecified atom stereocenters. The van der Waals surface area contributed by atoms with Gasteiger partial charge in [0.1, 0.15) is 0 Å². The van der Waals surface area contributed by atoms with Gasteiger partial charge < -0.3 is 5.32 Å². The molecule has 2 atom stereocenters. The number of hydrogen-bond donors (Lipinski definition) is 1. The summed E-state index contributed by atoms with van der Waals surface area (Å²) >= 11 is 9.66. The maximum Gasteiger partial charge on any atom is 0.0548 e. The van der Waals surface area contributed by atoms with Crippen LogP contribution in [-0.2, 0) is 0 Å². The van der Waals surface area contributed by atoms with Gasteiger partial charge in [0.25, 0.3) is 0 Å². The first-order valence-corrected chi connectivity index (χ1v) is 8.13. The van der Waals surface area contributed by atoms with Crippen LogP contribution >= 0.6 is 27.5 Å². The highest BCUT2D eigenvalue weighted by Crippen LogP contribution is 2.39. The Labute approximate surface area is 133 Å². The Kier molecular flexibility index (Phi) is 4.45. The lowest BCUT2D eigenvalue weighted by Crippen LogP contribution is -2.34. The molecule has 2 aromatic carbocycles. The highest BCUT2D eigenvalue weighted by Gasteiger charge is 2.27. The average Bonchev–Trinajstić information content (AvgIpc) is 2.51. The van der Waals surface area contributed by atoms with Crippen molar-refractivity contribution in [2.24, 2.45) is 0 Å². The van der Waals surface area contributed by atoms with Crippen molar-refractivity contribution in [3.63, 3.8) is 0 Å². The molecule has 0 bridgehead atoms. The largest absolute Gasteiger partial charge is 0.316 e. The molecule has 20 heavy (non-hydrogen) atoms. The summed E-state index contributed by atoms with van der Waals surface area (Å²) < 4.78 is 0.988. The number of benzene rings is 2. The van der Waals surface area contributed by atoms with Crippen LogP contribution in [0.5, 0.6) is 0 Å². The molecule has 1 nitrogen and oxygen atoms in total. The Hall–Kier alpha value is -0.830. The van der Waals surface area contributed by atoms with Gasteiger partial charge in [-0.25, -0.2) is 0 Å². The Bertz CT molecular complexity index is 585. The van der Waals surface area contributed by atoms with Gasteiger partial charge >= 0.3 is 0 Å². The molecule has 0 saturated carbocycles. The van der Waals surface area contributed by atoms with E-state index in [1.165, 1.54) is 11.1 Å². The summed E-state index contributed by atoms with van der Waals surface area (Å²) in [5.41, 5.74) is 2.78. The monoisotopic (exact) mass is 349 g/mol. The van der Waals surface area contributed by atoms with E-state index in [0.717, 1.165) is 29.0 Å². The molecule has 3 rings (SSSR count). The van der Waals surface area contributed by atoms with E-state index in [1.54, 1.807) is 0 Å². The molecule has 0 spiro atoms. The Morgan fingerprint density at radius 2 is 1.80 bits per heavy atom. The summed E-state index contributed by atoms with van der Waals surface area (Å²) in [4.78, 5) is 0. The first-order chi connectivity index (χ1) is 9.75. The number of rotatable bonds is 2. The fourth-order valence-electron chi connectivity index (χ4n) is 3.05. The van der Waals surface area contributed by atoms with Crippen molar-refractivity contribution < 1.29 is 0 Å². The maximum atomic E-state index is 6.11. The van der Waals surface area contributed by atoms with Crippen molar-refractivity contribution in [1.29, 1.82) is 0 Å². The Morgan fingerprint density at radius 1 is 1.00 bits per heavy atom. The van der Waals surface area contributed by atoms with Crippen molar-refractivity contribution in [2.75, 3.05) is 13.1 Å². The molecular formula is C17H17BrClN. The fourth-order valence-corrected chi connectivity index (χ4v) is 3.57. The van der Waals surface area contributed by atoms with Crippen LogP contribution in [0.15, 0.2) is 53.0 Å².